The molecular formula is C18H19BrFN5O2. The number of nitrogens with zero attached hydrogens (tertiary/aromatic N) is 5. The molecule has 2 aromatic heterocycles. The SMILES string of the molecule is CC(C)(O)c1nc(C2CCN(c3ncnc4c(Br)cc(F)cc34)CC2)no1. The molecule has 7 nitrogen and oxygen atoms in total. The minimum absolute atomic E-state index is 0.151. The first-order valence-corrected chi connectivity index (χ1v) is 9.53. The molecule has 3 heterocycles. The Kier molecular flexibility index (Phi) is 4.59. The molecular weight excluding hydrogens is 417 g/mol. The summed E-state index contributed by atoms with van der Waals surface area (Å²) in [5.74, 6) is 1.39. The van der Waals surface area contributed by atoms with Crippen LogP contribution in [-0.4, -0.2) is 38.3 Å². The summed E-state index contributed by atoms with van der Waals surface area (Å²) in [7, 11) is 0. The van der Waals surface area contributed by atoms with Gasteiger partial charge < -0.3 is 14.5 Å². The maximum absolute atomic E-state index is 13.9. The average molecular weight is 436 g/mol. The van der Waals surface area contributed by atoms with Gasteiger partial charge in [0.2, 0.25) is 0 Å². The van der Waals surface area contributed by atoms with Crippen LogP contribution in [0.3, 0.4) is 0 Å². The molecule has 1 aliphatic heterocycles. The van der Waals surface area contributed by atoms with E-state index in [0.717, 1.165) is 31.7 Å². The van der Waals surface area contributed by atoms with Crippen LogP contribution in [-0.2, 0) is 5.60 Å². The van der Waals surface area contributed by atoms with Gasteiger partial charge in [-0.25, -0.2) is 14.4 Å². The van der Waals surface area contributed by atoms with Gasteiger partial charge in [0, 0.05) is 28.9 Å². The van der Waals surface area contributed by atoms with Crippen molar-refractivity contribution >= 4 is 32.7 Å². The largest absolute Gasteiger partial charge is 0.381 e. The summed E-state index contributed by atoms with van der Waals surface area (Å²) < 4.78 is 19.7. The predicted molar refractivity (Wildman–Crippen MR) is 101 cm³/mol. The van der Waals surface area contributed by atoms with E-state index >= 15 is 0 Å². The van der Waals surface area contributed by atoms with Gasteiger partial charge in [0.25, 0.3) is 5.89 Å². The number of hydrogen-bond donors (Lipinski definition) is 1. The van der Waals surface area contributed by atoms with Gasteiger partial charge in [0.1, 0.15) is 23.6 Å². The van der Waals surface area contributed by atoms with Crippen LogP contribution in [0.15, 0.2) is 27.5 Å². The van der Waals surface area contributed by atoms with Gasteiger partial charge in [0.05, 0.1) is 5.52 Å². The quantitative estimate of drug-likeness (QED) is 0.672. The molecule has 9 heteroatoms. The summed E-state index contributed by atoms with van der Waals surface area (Å²) in [5.41, 5.74) is -0.458. The van der Waals surface area contributed by atoms with Crippen molar-refractivity contribution in [3.8, 4) is 0 Å². The van der Waals surface area contributed by atoms with Gasteiger partial charge in [-0.2, -0.15) is 4.98 Å². The van der Waals surface area contributed by atoms with E-state index < -0.39 is 5.60 Å². The van der Waals surface area contributed by atoms with Crippen molar-refractivity contribution in [1.82, 2.24) is 20.1 Å². The second kappa shape index (κ2) is 6.79. The van der Waals surface area contributed by atoms with E-state index in [-0.39, 0.29) is 17.6 Å². The Hall–Kier alpha value is -2.13. The number of aromatic nitrogens is 4. The van der Waals surface area contributed by atoms with Crippen molar-refractivity contribution in [2.45, 2.75) is 38.2 Å². The Morgan fingerprint density at radius 1 is 1.26 bits per heavy atom. The molecule has 3 aromatic rings. The lowest BCUT2D eigenvalue weighted by atomic mass is 9.96. The lowest BCUT2D eigenvalue weighted by Crippen LogP contribution is -2.34. The number of piperidine rings is 1. The van der Waals surface area contributed by atoms with Crippen LogP contribution >= 0.6 is 15.9 Å². The fourth-order valence-electron chi connectivity index (χ4n) is 3.33. The van der Waals surface area contributed by atoms with Crippen LogP contribution in [0.5, 0.6) is 0 Å². The van der Waals surface area contributed by atoms with Crippen molar-refractivity contribution < 1.29 is 14.0 Å². The lowest BCUT2D eigenvalue weighted by Gasteiger charge is -2.32. The molecule has 27 heavy (non-hydrogen) atoms. The van der Waals surface area contributed by atoms with Crippen LogP contribution in [0, 0.1) is 5.82 Å². The number of hydrogen-bond acceptors (Lipinski definition) is 7. The van der Waals surface area contributed by atoms with Crippen LogP contribution < -0.4 is 4.90 Å². The van der Waals surface area contributed by atoms with Crippen molar-refractivity contribution in [2.24, 2.45) is 0 Å². The van der Waals surface area contributed by atoms with Gasteiger partial charge in [0.15, 0.2) is 5.82 Å². The van der Waals surface area contributed by atoms with Gasteiger partial charge in [-0.1, -0.05) is 5.16 Å². The number of anilines is 1. The summed E-state index contributed by atoms with van der Waals surface area (Å²) in [5, 5.41) is 14.7. The molecule has 0 atom stereocenters. The van der Waals surface area contributed by atoms with Crippen LogP contribution in [0.1, 0.15) is 44.3 Å². The first kappa shape index (κ1) is 18.2. The summed E-state index contributed by atoms with van der Waals surface area (Å²) >= 11 is 3.37. The number of fused-ring (bicyclic) bond motifs is 1. The van der Waals surface area contributed by atoms with Crippen molar-refractivity contribution in [3.05, 3.63) is 40.5 Å². The molecule has 1 aliphatic rings. The second-order valence-electron chi connectivity index (χ2n) is 7.26. The van der Waals surface area contributed by atoms with E-state index in [2.05, 4.69) is 40.9 Å². The first-order chi connectivity index (χ1) is 12.8. The Bertz CT molecular complexity index is 980. The molecule has 1 N–H and O–H groups in total. The number of rotatable bonds is 3. The Morgan fingerprint density at radius 2 is 2.00 bits per heavy atom. The molecule has 142 valence electrons. The highest BCUT2D eigenvalue weighted by Crippen LogP contribution is 2.34. The zero-order chi connectivity index (χ0) is 19.2. The average Bonchev–Trinajstić information content (AvgIpc) is 3.12. The highest BCUT2D eigenvalue weighted by Gasteiger charge is 2.29. The Balaban J connectivity index is 1.55. The first-order valence-electron chi connectivity index (χ1n) is 8.74. The molecule has 0 radical (unpaired) electrons. The van der Waals surface area contributed by atoms with E-state index in [0.29, 0.717) is 21.2 Å². The van der Waals surface area contributed by atoms with E-state index in [1.165, 1.54) is 18.5 Å². The van der Waals surface area contributed by atoms with Gasteiger partial charge in [-0.05, 0) is 54.8 Å². The van der Waals surface area contributed by atoms with Crippen molar-refractivity contribution in [3.63, 3.8) is 0 Å². The van der Waals surface area contributed by atoms with Crippen molar-refractivity contribution in [2.75, 3.05) is 18.0 Å². The van der Waals surface area contributed by atoms with E-state index in [4.69, 9.17) is 4.52 Å². The monoisotopic (exact) mass is 435 g/mol. The third-order valence-corrected chi connectivity index (χ3v) is 5.37. The molecule has 0 spiro atoms. The topological polar surface area (TPSA) is 88.2 Å². The highest BCUT2D eigenvalue weighted by atomic mass is 79.9. The molecule has 0 bridgehead atoms. The molecule has 1 saturated heterocycles. The summed E-state index contributed by atoms with van der Waals surface area (Å²) in [4.78, 5) is 15.1. The summed E-state index contributed by atoms with van der Waals surface area (Å²) in [6.45, 7) is 4.70. The Morgan fingerprint density at radius 3 is 2.67 bits per heavy atom. The van der Waals surface area contributed by atoms with E-state index in [1.54, 1.807) is 13.8 Å². The third kappa shape index (κ3) is 3.53. The maximum Gasteiger partial charge on any atom is 0.258 e. The van der Waals surface area contributed by atoms with Crippen LogP contribution in [0.2, 0.25) is 0 Å². The van der Waals surface area contributed by atoms with Gasteiger partial charge in [-0.15, -0.1) is 0 Å². The Labute approximate surface area is 163 Å². The molecule has 1 fully saturated rings. The molecule has 4 rings (SSSR count). The van der Waals surface area contributed by atoms with Crippen LogP contribution in [0.25, 0.3) is 10.9 Å². The van der Waals surface area contributed by atoms with E-state index in [1.807, 2.05) is 0 Å². The fourth-order valence-corrected chi connectivity index (χ4v) is 3.86. The molecule has 0 saturated carbocycles. The highest BCUT2D eigenvalue weighted by molar-refractivity contribution is 9.10. The number of aliphatic hydroxyl groups is 1. The minimum Gasteiger partial charge on any atom is -0.381 e. The molecule has 0 unspecified atom stereocenters. The maximum atomic E-state index is 13.9. The molecule has 1 aromatic carbocycles. The van der Waals surface area contributed by atoms with Gasteiger partial charge >= 0.3 is 0 Å². The predicted octanol–water partition coefficient (Wildman–Crippen LogP) is 3.53. The summed E-state index contributed by atoms with van der Waals surface area (Å²) in [6.07, 6.45) is 3.13. The number of benzene rings is 1. The summed E-state index contributed by atoms with van der Waals surface area (Å²) in [6, 6.07) is 2.87. The molecule has 0 aliphatic carbocycles. The number of halogens is 2. The standard InChI is InChI=1S/C18H19BrFN5O2/c1-18(2,26)17-23-15(24-27-17)10-3-5-25(6-4-10)16-12-7-11(20)8-13(19)14(12)21-9-22-16/h7-10,26H,3-6H2,1-2H3. The third-order valence-electron chi connectivity index (χ3n) is 4.76. The second-order valence-corrected chi connectivity index (χ2v) is 8.11. The van der Waals surface area contributed by atoms with Crippen molar-refractivity contribution in [1.29, 1.82) is 0 Å². The zero-order valence-corrected chi connectivity index (χ0v) is 16.6. The molecule has 0 amide bonds. The van der Waals surface area contributed by atoms with Gasteiger partial charge in [-0.3, -0.25) is 0 Å². The lowest BCUT2D eigenvalue weighted by molar-refractivity contribution is 0.0420. The van der Waals surface area contributed by atoms with Crippen LogP contribution in [0.4, 0.5) is 10.2 Å². The zero-order valence-electron chi connectivity index (χ0n) is 15.0. The smallest absolute Gasteiger partial charge is 0.258 e. The van der Waals surface area contributed by atoms with E-state index in [9.17, 15) is 9.50 Å². The fraction of sp³-hybridized carbons (Fsp3) is 0.444. The normalized spacial score (nSPS) is 16.3. The minimum atomic E-state index is -1.15.